The average molecular weight is 374 g/mol. The van der Waals surface area contributed by atoms with Gasteiger partial charge in [-0.2, -0.15) is 0 Å². The molecule has 0 aliphatic carbocycles. The van der Waals surface area contributed by atoms with Crippen LogP contribution in [0.3, 0.4) is 0 Å². The monoisotopic (exact) mass is 374 g/mol. The van der Waals surface area contributed by atoms with Crippen LogP contribution in [0, 0.1) is 0 Å². The average Bonchev–Trinajstić information content (AvgIpc) is 2.75. The molecule has 5 heteroatoms. The maximum absolute atomic E-state index is 13.2. The molecule has 3 rings (SSSR count). The van der Waals surface area contributed by atoms with Gasteiger partial charge in [0.25, 0.3) is 5.91 Å². The molecule has 0 unspecified atom stereocenters. The zero-order valence-corrected chi connectivity index (χ0v) is 16.1. The number of ether oxygens (including phenoxy) is 2. The number of hydrogen-bond acceptors (Lipinski definition) is 4. The first-order chi connectivity index (χ1) is 13.6. The number of anilines is 1. The Morgan fingerprint density at radius 3 is 1.86 bits per heavy atom. The highest BCUT2D eigenvalue weighted by Gasteiger charge is 2.20. The van der Waals surface area contributed by atoms with E-state index >= 15 is 0 Å². The molecular formula is C23H22N2O3. The highest BCUT2D eigenvalue weighted by atomic mass is 16.5. The van der Waals surface area contributed by atoms with Crippen molar-refractivity contribution in [2.75, 3.05) is 19.1 Å². The lowest BCUT2D eigenvalue weighted by atomic mass is 10.1. The predicted molar refractivity (Wildman–Crippen MR) is 112 cm³/mol. The predicted octanol–water partition coefficient (Wildman–Crippen LogP) is 5.10. The molecule has 0 N–H and O–H groups in total. The maximum Gasteiger partial charge on any atom is 0.263 e. The third-order valence-corrected chi connectivity index (χ3v) is 4.24. The largest absolute Gasteiger partial charge is 0.497 e. The molecule has 28 heavy (non-hydrogen) atoms. The number of carbonyl (C=O) groups is 1. The third kappa shape index (κ3) is 4.38. The van der Waals surface area contributed by atoms with Crippen LogP contribution in [-0.4, -0.2) is 26.0 Å². The zero-order valence-electron chi connectivity index (χ0n) is 16.1. The number of amides is 1. The van der Waals surface area contributed by atoms with Gasteiger partial charge in [-0.3, -0.25) is 9.69 Å². The smallest absolute Gasteiger partial charge is 0.263 e. The van der Waals surface area contributed by atoms with Crippen LogP contribution in [0.5, 0.6) is 11.5 Å². The first-order valence-electron chi connectivity index (χ1n) is 8.85. The van der Waals surface area contributed by atoms with Gasteiger partial charge in [0.1, 0.15) is 17.3 Å². The van der Waals surface area contributed by atoms with Crippen LogP contribution in [0.4, 0.5) is 11.4 Å². The molecule has 0 heterocycles. The molecule has 0 saturated heterocycles. The fourth-order valence-corrected chi connectivity index (χ4v) is 2.79. The number of nitrogens with zero attached hydrogens (tertiary/aromatic N) is 2. The van der Waals surface area contributed by atoms with E-state index in [0.29, 0.717) is 17.1 Å². The molecule has 0 bridgehead atoms. The second-order valence-corrected chi connectivity index (χ2v) is 6.06. The van der Waals surface area contributed by atoms with Crippen molar-refractivity contribution in [1.29, 1.82) is 0 Å². The van der Waals surface area contributed by atoms with Gasteiger partial charge in [0.15, 0.2) is 0 Å². The molecule has 0 radical (unpaired) electrons. The fraction of sp³-hybridized carbons (Fsp3) is 0.130. The van der Waals surface area contributed by atoms with Crippen molar-refractivity contribution < 1.29 is 14.3 Å². The molecule has 0 atom stereocenters. The second-order valence-electron chi connectivity index (χ2n) is 6.06. The van der Waals surface area contributed by atoms with Crippen LogP contribution in [0.2, 0.25) is 0 Å². The van der Waals surface area contributed by atoms with Gasteiger partial charge < -0.3 is 9.47 Å². The summed E-state index contributed by atoms with van der Waals surface area (Å²) in [4.78, 5) is 19.5. The lowest BCUT2D eigenvalue weighted by molar-refractivity contribution is 0.100. The van der Waals surface area contributed by atoms with Crippen LogP contribution >= 0.6 is 0 Å². The molecule has 1 amide bonds. The summed E-state index contributed by atoms with van der Waals surface area (Å²) < 4.78 is 10.4. The first kappa shape index (κ1) is 19.2. The van der Waals surface area contributed by atoms with Gasteiger partial charge in [-0.05, 0) is 67.6 Å². The molecule has 3 aromatic carbocycles. The van der Waals surface area contributed by atoms with E-state index in [0.717, 1.165) is 17.2 Å². The molecule has 0 aliphatic heterocycles. The molecule has 0 spiro atoms. The number of carbonyl (C=O) groups excluding carboxylic acids is 1. The normalized spacial score (nSPS) is 11.0. The highest BCUT2D eigenvalue weighted by molar-refractivity contribution is 6.22. The van der Waals surface area contributed by atoms with Crippen molar-refractivity contribution in [3.63, 3.8) is 0 Å². The van der Waals surface area contributed by atoms with E-state index in [9.17, 15) is 4.79 Å². The van der Waals surface area contributed by atoms with Crippen molar-refractivity contribution in [1.82, 2.24) is 0 Å². The lowest BCUT2D eigenvalue weighted by Crippen LogP contribution is -2.35. The van der Waals surface area contributed by atoms with Gasteiger partial charge in [0.2, 0.25) is 0 Å². The first-order valence-corrected chi connectivity index (χ1v) is 8.85. The minimum Gasteiger partial charge on any atom is -0.497 e. The fourth-order valence-electron chi connectivity index (χ4n) is 2.79. The molecular weight excluding hydrogens is 352 g/mol. The number of benzene rings is 3. The van der Waals surface area contributed by atoms with Crippen LogP contribution in [-0.2, 0) is 0 Å². The van der Waals surface area contributed by atoms with E-state index in [1.165, 1.54) is 0 Å². The Balaban J connectivity index is 2.00. The van der Waals surface area contributed by atoms with E-state index in [4.69, 9.17) is 9.47 Å². The van der Waals surface area contributed by atoms with Crippen molar-refractivity contribution >= 4 is 23.1 Å². The molecule has 0 fully saturated rings. The molecule has 0 saturated carbocycles. The van der Waals surface area contributed by atoms with Gasteiger partial charge in [-0.25, -0.2) is 4.99 Å². The summed E-state index contributed by atoms with van der Waals surface area (Å²) in [6.45, 7) is 1.81. The number of rotatable bonds is 5. The zero-order chi connectivity index (χ0) is 19.9. The number of aliphatic imine (C=N–C) groups is 1. The number of amidine groups is 1. The molecule has 3 aromatic rings. The number of hydrogen-bond donors (Lipinski definition) is 0. The molecule has 0 aliphatic rings. The van der Waals surface area contributed by atoms with Gasteiger partial charge >= 0.3 is 0 Å². The van der Waals surface area contributed by atoms with Crippen LogP contribution < -0.4 is 14.4 Å². The van der Waals surface area contributed by atoms with E-state index in [-0.39, 0.29) is 5.91 Å². The summed E-state index contributed by atoms with van der Waals surface area (Å²) in [6, 6.07) is 23.8. The summed E-state index contributed by atoms with van der Waals surface area (Å²) in [5, 5.41) is 0. The van der Waals surface area contributed by atoms with Crippen molar-refractivity contribution in [2.24, 2.45) is 4.99 Å². The Kier molecular flexibility index (Phi) is 6.07. The Morgan fingerprint density at radius 2 is 1.32 bits per heavy atom. The van der Waals surface area contributed by atoms with Gasteiger partial charge in [-0.15, -0.1) is 0 Å². The standard InChI is InChI=1S/C23H22N2O3/c1-17(24-19-9-13-21(27-2)14-10-19)25(20-11-15-22(28-3)16-12-20)23(26)18-7-5-4-6-8-18/h4-16H,1-3H3. The van der Waals surface area contributed by atoms with Crippen molar-refractivity contribution in [3.05, 3.63) is 84.4 Å². The van der Waals surface area contributed by atoms with E-state index in [1.54, 1.807) is 31.3 Å². The van der Waals surface area contributed by atoms with E-state index < -0.39 is 0 Å². The summed E-state index contributed by atoms with van der Waals surface area (Å²) >= 11 is 0. The van der Waals surface area contributed by atoms with Gasteiger partial charge in [0, 0.05) is 5.56 Å². The minimum atomic E-state index is -0.152. The summed E-state index contributed by atoms with van der Waals surface area (Å²) in [6.07, 6.45) is 0. The highest BCUT2D eigenvalue weighted by Crippen LogP contribution is 2.24. The van der Waals surface area contributed by atoms with Crippen molar-refractivity contribution in [2.45, 2.75) is 6.92 Å². The van der Waals surface area contributed by atoms with E-state index in [1.807, 2.05) is 73.7 Å². The Morgan fingerprint density at radius 1 is 0.786 bits per heavy atom. The minimum absolute atomic E-state index is 0.152. The van der Waals surface area contributed by atoms with Crippen molar-refractivity contribution in [3.8, 4) is 11.5 Å². The molecule has 5 nitrogen and oxygen atoms in total. The second kappa shape index (κ2) is 8.86. The van der Waals surface area contributed by atoms with Gasteiger partial charge in [-0.1, -0.05) is 18.2 Å². The SMILES string of the molecule is COc1ccc(N=C(C)N(C(=O)c2ccccc2)c2ccc(OC)cc2)cc1. The van der Waals surface area contributed by atoms with Crippen LogP contribution in [0.1, 0.15) is 17.3 Å². The Hall–Kier alpha value is -3.60. The summed E-state index contributed by atoms with van der Waals surface area (Å²) in [5.74, 6) is 1.88. The van der Waals surface area contributed by atoms with Crippen LogP contribution in [0.25, 0.3) is 0 Å². The summed E-state index contributed by atoms with van der Waals surface area (Å²) in [7, 11) is 3.23. The van der Waals surface area contributed by atoms with E-state index in [2.05, 4.69) is 4.99 Å². The van der Waals surface area contributed by atoms with Gasteiger partial charge in [0.05, 0.1) is 25.6 Å². The maximum atomic E-state index is 13.2. The third-order valence-electron chi connectivity index (χ3n) is 4.24. The number of methoxy groups -OCH3 is 2. The Labute approximate surface area is 164 Å². The molecule has 0 aromatic heterocycles. The lowest BCUT2D eigenvalue weighted by Gasteiger charge is -2.23. The topological polar surface area (TPSA) is 51.1 Å². The molecule has 142 valence electrons. The van der Waals surface area contributed by atoms with Crippen LogP contribution in [0.15, 0.2) is 83.9 Å². The quantitative estimate of drug-likeness (QED) is 0.461. The summed E-state index contributed by atoms with van der Waals surface area (Å²) in [5.41, 5.74) is 2.03. The Bertz CT molecular complexity index is 949.